The van der Waals surface area contributed by atoms with Gasteiger partial charge >= 0.3 is 0 Å². The maximum atomic E-state index is 13.2. The number of anilines is 1. The van der Waals surface area contributed by atoms with Crippen LogP contribution in [0.15, 0.2) is 40.2 Å². The third kappa shape index (κ3) is 2.70. The van der Waals surface area contributed by atoms with E-state index in [2.05, 4.69) is 15.5 Å². The van der Waals surface area contributed by atoms with Gasteiger partial charge in [0.25, 0.3) is 0 Å². The molecule has 20 heavy (non-hydrogen) atoms. The van der Waals surface area contributed by atoms with Gasteiger partial charge in [0.15, 0.2) is 0 Å². The summed E-state index contributed by atoms with van der Waals surface area (Å²) in [5.41, 5.74) is 1.69. The number of hydrogen-bond donors (Lipinski definition) is 1. The van der Waals surface area contributed by atoms with Gasteiger partial charge in [-0.05, 0) is 36.1 Å². The molecule has 0 radical (unpaired) electrons. The molecule has 0 spiro atoms. The van der Waals surface area contributed by atoms with Gasteiger partial charge in [0.05, 0.1) is 11.4 Å². The number of aromatic nitrogens is 2. The van der Waals surface area contributed by atoms with Crippen molar-refractivity contribution in [1.82, 2.24) is 10.1 Å². The number of hydrogen-bond acceptors (Lipinski definition) is 5. The van der Waals surface area contributed by atoms with Crippen LogP contribution in [0.25, 0.3) is 10.7 Å². The summed E-state index contributed by atoms with van der Waals surface area (Å²) in [6.45, 7) is 2.27. The van der Waals surface area contributed by atoms with E-state index in [-0.39, 0.29) is 5.82 Å². The Morgan fingerprint density at radius 1 is 1.35 bits per heavy atom. The Kier molecular flexibility index (Phi) is 3.47. The summed E-state index contributed by atoms with van der Waals surface area (Å²) < 4.78 is 18.3. The van der Waals surface area contributed by atoms with Crippen molar-refractivity contribution < 1.29 is 8.91 Å². The lowest BCUT2D eigenvalue weighted by atomic mass is 10.2. The average Bonchev–Trinajstić information content (AvgIpc) is 3.09. The fraction of sp³-hybridized carbons (Fsp3) is 0.143. The minimum atomic E-state index is -0.275. The molecule has 0 aliphatic heterocycles. The van der Waals surface area contributed by atoms with Crippen LogP contribution in [0.4, 0.5) is 10.1 Å². The van der Waals surface area contributed by atoms with Gasteiger partial charge in [-0.3, -0.25) is 0 Å². The van der Waals surface area contributed by atoms with E-state index < -0.39 is 0 Å². The average molecular weight is 289 g/mol. The predicted molar refractivity (Wildman–Crippen MR) is 76.1 cm³/mol. The smallest absolute Gasteiger partial charge is 0.246 e. The molecule has 4 nitrogen and oxygen atoms in total. The lowest BCUT2D eigenvalue weighted by Gasteiger charge is -2.06. The van der Waals surface area contributed by atoms with Crippen LogP contribution in [0.3, 0.4) is 0 Å². The normalized spacial score (nSPS) is 10.7. The Balaban J connectivity index is 1.71. The highest BCUT2D eigenvalue weighted by molar-refractivity contribution is 7.13. The SMILES string of the molecule is Cc1ccc(F)cc1NCc1nc(-c2cccs2)no1. The quantitative estimate of drug-likeness (QED) is 0.792. The van der Waals surface area contributed by atoms with E-state index in [1.54, 1.807) is 17.4 Å². The lowest BCUT2D eigenvalue weighted by Crippen LogP contribution is -2.01. The summed E-state index contributed by atoms with van der Waals surface area (Å²) in [6, 6.07) is 8.48. The molecule has 0 aliphatic carbocycles. The van der Waals surface area contributed by atoms with Crippen LogP contribution in [-0.4, -0.2) is 10.1 Å². The van der Waals surface area contributed by atoms with Gasteiger partial charge in [0, 0.05) is 5.69 Å². The maximum absolute atomic E-state index is 13.2. The second-order valence-electron chi connectivity index (χ2n) is 4.30. The van der Waals surface area contributed by atoms with Crippen LogP contribution in [0.5, 0.6) is 0 Å². The zero-order chi connectivity index (χ0) is 13.9. The first-order valence-electron chi connectivity index (χ1n) is 6.09. The highest BCUT2D eigenvalue weighted by atomic mass is 32.1. The molecule has 102 valence electrons. The highest BCUT2D eigenvalue weighted by Crippen LogP contribution is 2.22. The lowest BCUT2D eigenvalue weighted by molar-refractivity contribution is 0.384. The zero-order valence-corrected chi connectivity index (χ0v) is 11.6. The molecular formula is C14H12FN3OS. The van der Waals surface area contributed by atoms with Gasteiger partial charge in [-0.2, -0.15) is 4.98 Å². The minimum Gasteiger partial charge on any atom is -0.376 e. The molecule has 2 aromatic heterocycles. The topological polar surface area (TPSA) is 51.0 Å². The molecule has 1 aromatic carbocycles. The van der Waals surface area contributed by atoms with E-state index in [0.29, 0.717) is 18.3 Å². The second kappa shape index (κ2) is 5.42. The van der Waals surface area contributed by atoms with Crippen molar-refractivity contribution in [3.05, 3.63) is 53.0 Å². The number of rotatable bonds is 4. The molecule has 0 amide bonds. The van der Waals surface area contributed by atoms with E-state index in [0.717, 1.165) is 16.1 Å². The Bertz CT molecular complexity index is 709. The van der Waals surface area contributed by atoms with E-state index in [1.807, 2.05) is 24.4 Å². The largest absolute Gasteiger partial charge is 0.376 e. The first-order valence-corrected chi connectivity index (χ1v) is 6.97. The van der Waals surface area contributed by atoms with Crippen molar-refractivity contribution >= 4 is 17.0 Å². The molecule has 0 saturated heterocycles. The Morgan fingerprint density at radius 3 is 3.05 bits per heavy atom. The molecule has 3 rings (SSSR count). The molecule has 0 aliphatic rings. The van der Waals surface area contributed by atoms with Crippen LogP contribution >= 0.6 is 11.3 Å². The summed E-state index contributed by atoms with van der Waals surface area (Å²) in [6.07, 6.45) is 0. The van der Waals surface area contributed by atoms with Crippen LogP contribution in [0, 0.1) is 12.7 Å². The van der Waals surface area contributed by atoms with Crippen molar-refractivity contribution in [3.8, 4) is 10.7 Å². The van der Waals surface area contributed by atoms with Gasteiger partial charge in [0.1, 0.15) is 5.82 Å². The molecule has 0 atom stereocenters. The number of aryl methyl sites for hydroxylation is 1. The fourth-order valence-electron chi connectivity index (χ4n) is 1.79. The molecule has 6 heteroatoms. The van der Waals surface area contributed by atoms with Crippen molar-refractivity contribution in [3.63, 3.8) is 0 Å². The summed E-state index contributed by atoms with van der Waals surface area (Å²) in [5, 5.41) is 8.98. The van der Waals surface area contributed by atoms with Crippen molar-refractivity contribution in [2.24, 2.45) is 0 Å². The molecule has 0 fully saturated rings. The molecule has 0 unspecified atom stereocenters. The van der Waals surface area contributed by atoms with E-state index in [4.69, 9.17) is 4.52 Å². The molecule has 0 bridgehead atoms. The van der Waals surface area contributed by atoms with Gasteiger partial charge in [-0.1, -0.05) is 17.3 Å². The van der Waals surface area contributed by atoms with E-state index >= 15 is 0 Å². The molecular weight excluding hydrogens is 277 g/mol. The molecule has 3 aromatic rings. The summed E-state index contributed by atoms with van der Waals surface area (Å²) in [5.74, 6) is 0.771. The second-order valence-corrected chi connectivity index (χ2v) is 5.25. The first kappa shape index (κ1) is 12.8. The van der Waals surface area contributed by atoms with Gasteiger partial charge < -0.3 is 9.84 Å². The fourth-order valence-corrected chi connectivity index (χ4v) is 2.44. The predicted octanol–water partition coefficient (Wildman–Crippen LogP) is 3.86. The van der Waals surface area contributed by atoms with Crippen molar-refractivity contribution in [1.29, 1.82) is 0 Å². The van der Waals surface area contributed by atoms with Gasteiger partial charge in [-0.15, -0.1) is 11.3 Å². The monoisotopic (exact) mass is 289 g/mol. The highest BCUT2D eigenvalue weighted by Gasteiger charge is 2.09. The Labute approximate surface area is 119 Å². The number of nitrogens with zero attached hydrogens (tertiary/aromatic N) is 2. The van der Waals surface area contributed by atoms with Crippen molar-refractivity contribution in [2.75, 3.05) is 5.32 Å². The molecule has 2 heterocycles. The first-order chi connectivity index (χ1) is 9.72. The van der Waals surface area contributed by atoms with Crippen LogP contribution in [-0.2, 0) is 6.54 Å². The standard InChI is InChI=1S/C14H12FN3OS/c1-9-4-5-10(15)7-11(9)16-8-13-17-14(18-19-13)12-3-2-6-20-12/h2-7,16H,8H2,1H3. The third-order valence-electron chi connectivity index (χ3n) is 2.84. The number of benzene rings is 1. The zero-order valence-electron chi connectivity index (χ0n) is 10.8. The molecule has 0 saturated carbocycles. The number of halogens is 1. The minimum absolute atomic E-state index is 0.275. The number of thiophene rings is 1. The van der Waals surface area contributed by atoms with Gasteiger partial charge in [-0.25, -0.2) is 4.39 Å². The number of nitrogens with one attached hydrogen (secondary N) is 1. The van der Waals surface area contributed by atoms with Crippen molar-refractivity contribution in [2.45, 2.75) is 13.5 Å². The van der Waals surface area contributed by atoms with E-state index in [9.17, 15) is 4.39 Å². The maximum Gasteiger partial charge on any atom is 0.246 e. The van der Waals surface area contributed by atoms with Crippen LogP contribution in [0.1, 0.15) is 11.5 Å². The van der Waals surface area contributed by atoms with Gasteiger partial charge in [0.2, 0.25) is 11.7 Å². The third-order valence-corrected chi connectivity index (χ3v) is 3.71. The van der Waals surface area contributed by atoms with Crippen LogP contribution < -0.4 is 5.32 Å². The summed E-state index contributed by atoms with van der Waals surface area (Å²) in [7, 11) is 0. The molecule has 1 N–H and O–H groups in total. The Hall–Kier alpha value is -2.21. The summed E-state index contributed by atoms with van der Waals surface area (Å²) >= 11 is 1.55. The van der Waals surface area contributed by atoms with E-state index in [1.165, 1.54) is 12.1 Å². The summed E-state index contributed by atoms with van der Waals surface area (Å²) in [4.78, 5) is 5.26. The Morgan fingerprint density at radius 2 is 2.25 bits per heavy atom. The van der Waals surface area contributed by atoms with Crippen LogP contribution in [0.2, 0.25) is 0 Å².